The molecule has 0 amide bonds. The van der Waals surface area contributed by atoms with Gasteiger partial charge in [0, 0.05) is 19.1 Å². The second kappa shape index (κ2) is 5.29. The van der Waals surface area contributed by atoms with E-state index >= 15 is 0 Å². The molecule has 1 saturated heterocycles. The zero-order chi connectivity index (χ0) is 14.2. The van der Waals surface area contributed by atoms with Crippen molar-refractivity contribution in [1.29, 1.82) is 0 Å². The molecule has 1 saturated carbocycles. The van der Waals surface area contributed by atoms with E-state index in [1.165, 1.54) is 12.3 Å². The Balaban J connectivity index is 1.65. The first kappa shape index (κ1) is 13.8. The number of nitrogens with zero attached hydrogens (tertiary/aromatic N) is 2. The lowest BCUT2D eigenvalue weighted by atomic mass is 10.1. The van der Waals surface area contributed by atoms with Crippen LogP contribution in [0.1, 0.15) is 25.7 Å². The molecule has 1 aromatic heterocycles. The van der Waals surface area contributed by atoms with Crippen LogP contribution in [0.4, 0.5) is 10.2 Å². The number of hydrogen-bond donors (Lipinski definition) is 1. The fourth-order valence-corrected chi connectivity index (χ4v) is 4.15. The number of aromatic nitrogens is 1. The highest BCUT2D eigenvalue weighted by Gasteiger charge is 2.37. The van der Waals surface area contributed by atoms with Crippen molar-refractivity contribution >= 4 is 15.8 Å². The van der Waals surface area contributed by atoms with E-state index in [1.807, 2.05) is 4.90 Å². The molecule has 3 rings (SSSR count). The normalized spacial score (nSPS) is 23.9. The molecule has 0 bridgehead atoms. The SMILES string of the molecule is O=S(=O)(NC1CCCN(c2ccc(F)cn2)C1)C1CC1. The van der Waals surface area contributed by atoms with E-state index in [2.05, 4.69) is 9.71 Å². The lowest BCUT2D eigenvalue weighted by molar-refractivity contribution is 0.463. The second-order valence-corrected chi connectivity index (χ2v) is 7.47. The highest BCUT2D eigenvalue weighted by Crippen LogP contribution is 2.28. The highest BCUT2D eigenvalue weighted by atomic mass is 32.2. The molecule has 2 fully saturated rings. The van der Waals surface area contributed by atoms with Gasteiger partial charge in [0.05, 0.1) is 11.4 Å². The lowest BCUT2D eigenvalue weighted by Gasteiger charge is -2.33. The quantitative estimate of drug-likeness (QED) is 0.909. The van der Waals surface area contributed by atoms with Crippen molar-refractivity contribution in [2.24, 2.45) is 0 Å². The smallest absolute Gasteiger partial charge is 0.214 e. The number of rotatable bonds is 4. The van der Waals surface area contributed by atoms with Gasteiger partial charge in [-0.25, -0.2) is 22.5 Å². The summed E-state index contributed by atoms with van der Waals surface area (Å²) < 4.78 is 39.6. The van der Waals surface area contributed by atoms with Crippen LogP contribution < -0.4 is 9.62 Å². The van der Waals surface area contributed by atoms with Gasteiger partial charge in [-0.2, -0.15) is 0 Å². The molecular weight excluding hydrogens is 281 g/mol. The summed E-state index contributed by atoms with van der Waals surface area (Å²) >= 11 is 0. The molecule has 110 valence electrons. The standard InChI is InChI=1S/C13H18FN3O2S/c14-10-3-6-13(15-8-10)17-7-1-2-11(9-17)16-20(18,19)12-4-5-12/h3,6,8,11-12,16H,1-2,4-5,7,9H2. The summed E-state index contributed by atoms with van der Waals surface area (Å²) in [7, 11) is -3.16. The molecule has 2 heterocycles. The zero-order valence-corrected chi connectivity index (χ0v) is 11.9. The third-order valence-corrected chi connectivity index (χ3v) is 5.76. The Kier molecular flexibility index (Phi) is 3.64. The summed E-state index contributed by atoms with van der Waals surface area (Å²) in [5.41, 5.74) is 0. The van der Waals surface area contributed by atoms with Gasteiger partial charge in [-0.3, -0.25) is 0 Å². The third kappa shape index (κ3) is 3.09. The largest absolute Gasteiger partial charge is 0.355 e. The zero-order valence-electron chi connectivity index (χ0n) is 11.1. The van der Waals surface area contributed by atoms with Crippen LogP contribution >= 0.6 is 0 Å². The molecular formula is C13H18FN3O2S. The molecule has 1 aliphatic carbocycles. The summed E-state index contributed by atoms with van der Waals surface area (Å²) in [5.74, 6) is 0.332. The van der Waals surface area contributed by atoms with E-state index in [4.69, 9.17) is 0 Å². The fraction of sp³-hybridized carbons (Fsp3) is 0.615. The van der Waals surface area contributed by atoms with Crippen LogP contribution in [-0.2, 0) is 10.0 Å². The maximum absolute atomic E-state index is 12.9. The first-order valence-electron chi connectivity index (χ1n) is 6.92. The van der Waals surface area contributed by atoms with Crippen molar-refractivity contribution in [2.45, 2.75) is 37.0 Å². The maximum Gasteiger partial charge on any atom is 0.214 e. The number of piperidine rings is 1. The Morgan fingerprint density at radius 1 is 1.30 bits per heavy atom. The minimum atomic E-state index is -3.16. The number of nitrogens with one attached hydrogen (secondary N) is 1. The number of hydrogen-bond acceptors (Lipinski definition) is 4. The van der Waals surface area contributed by atoms with Gasteiger partial charge in [0.25, 0.3) is 0 Å². The van der Waals surface area contributed by atoms with Gasteiger partial charge in [0.15, 0.2) is 0 Å². The molecule has 0 spiro atoms. The van der Waals surface area contributed by atoms with E-state index in [0.717, 1.165) is 32.2 Å². The van der Waals surface area contributed by atoms with Crippen LogP contribution in [0.15, 0.2) is 18.3 Å². The van der Waals surface area contributed by atoms with E-state index < -0.39 is 10.0 Å². The summed E-state index contributed by atoms with van der Waals surface area (Å²) in [6, 6.07) is 2.93. The molecule has 0 aromatic carbocycles. The van der Waals surface area contributed by atoms with Crippen LogP contribution in [0, 0.1) is 5.82 Å². The predicted octanol–water partition coefficient (Wildman–Crippen LogP) is 1.27. The molecule has 5 nitrogen and oxygen atoms in total. The molecule has 7 heteroatoms. The third-order valence-electron chi connectivity index (χ3n) is 3.75. The van der Waals surface area contributed by atoms with Gasteiger partial charge in [-0.15, -0.1) is 0 Å². The van der Waals surface area contributed by atoms with Crippen LogP contribution in [-0.4, -0.2) is 37.8 Å². The van der Waals surface area contributed by atoms with Gasteiger partial charge in [0.2, 0.25) is 10.0 Å². The first-order valence-corrected chi connectivity index (χ1v) is 8.47. The number of anilines is 1. The summed E-state index contributed by atoms with van der Waals surface area (Å²) in [6.07, 6.45) is 4.46. The minimum Gasteiger partial charge on any atom is -0.355 e. The monoisotopic (exact) mass is 299 g/mol. The average Bonchev–Trinajstić information content (AvgIpc) is 3.24. The van der Waals surface area contributed by atoms with E-state index in [1.54, 1.807) is 6.07 Å². The van der Waals surface area contributed by atoms with Crippen molar-refractivity contribution in [3.63, 3.8) is 0 Å². The molecule has 1 unspecified atom stereocenters. The highest BCUT2D eigenvalue weighted by molar-refractivity contribution is 7.90. The molecule has 1 N–H and O–H groups in total. The van der Waals surface area contributed by atoms with Crippen molar-refractivity contribution in [2.75, 3.05) is 18.0 Å². The number of pyridine rings is 1. The second-order valence-electron chi connectivity index (χ2n) is 5.48. The summed E-state index contributed by atoms with van der Waals surface area (Å²) in [4.78, 5) is 6.06. The van der Waals surface area contributed by atoms with Crippen molar-refractivity contribution in [1.82, 2.24) is 9.71 Å². The Morgan fingerprint density at radius 2 is 2.10 bits per heavy atom. The summed E-state index contributed by atoms with van der Waals surface area (Å²) in [5, 5.41) is -0.193. The average molecular weight is 299 g/mol. The molecule has 0 radical (unpaired) electrons. The molecule has 1 aliphatic heterocycles. The maximum atomic E-state index is 12.9. The number of halogens is 1. The molecule has 1 aromatic rings. The lowest BCUT2D eigenvalue weighted by Crippen LogP contribution is -2.48. The van der Waals surface area contributed by atoms with Gasteiger partial charge in [-0.1, -0.05) is 0 Å². The van der Waals surface area contributed by atoms with E-state index in [0.29, 0.717) is 12.4 Å². The fourth-order valence-electron chi connectivity index (χ4n) is 2.54. The van der Waals surface area contributed by atoms with Crippen LogP contribution in [0.2, 0.25) is 0 Å². The van der Waals surface area contributed by atoms with Gasteiger partial charge >= 0.3 is 0 Å². The topological polar surface area (TPSA) is 62.3 Å². The van der Waals surface area contributed by atoms with Crippen molar-refractivity contribution in [3.05, 3.63) is 24.1 Å². The molecule has 1 atom stereocenters. The summed E-state index contributed by atoms with van der Waals surface area (Å²) in [6.45, 7) is 1.41. The van der Waals surface area contributed by atoms with E-state index in [9.17, 15) is 12.8 Å². The van der Waals surface area contributed by atoms with Crippen molar-refractivity contribution in [3.8, 4) is 0 Å². The number of sulfonamides is 1. The Morgan fingerprint density at radius 3 is 2.75 bits per heavy atom. The Labute approximate surface area is 118 Å². The van der Waals surface area contributed by atoms with Gasteiger partial charge < -0.3 is 4.90 Å². The van der Waals surface area contributed by atoms with Gasteiger partial charge in [0.1, 0.15) is 11.6 Å². The van der Waals surface area contributed by atoms with Gasteiger partial charge in [-0.05, 0) is 37.8 Å². The van der Waals surface area contributed by atoms with E-state index in [-0.39, 0.29) is 17.1 Å². The Bertz CT molecular complexity index is 572. The predicted molar refractivity (Wildman–Crippen MR) is 74.5 cm³/mol. The first-order chi connectivity index (χ1) is 9.54. The molecule has 2 aliphatic rings. The minimum absolute atomic E-state index is 0.0822. The van der Waals surface area contributed by atoms with Crippen molar-refractivity contribution < 1.29 is 12.8 Å². The molecule has 20 heavy (non-hydrogen) atoms. The van der Waals surface area contributed by atoms with Crippen LogP contribution in [0.3, 0.4) is 0 Å². The van der Waals surface area contributed by atoms with Crippen LogP contribution in [0.25, 0.3) is 0 Å². The Hall–Kier alpha value is -1.21. The van der Waals surface area contributed by atoms with Crippen LogP contribution in [0.5, 0.6) is 0 Å².